The lowest BCUT2D eigenvalue weighted by Crippen LogP contribution is -2.12. The fourth-order valence-electron chi connectivity index (χ4n) is 3.39. The van der Waals surface area contributed by atoms with Crippen molar-refractivity contribution in [3.05, 3.63) is 70.5 Å². The van der Waals surface area contributed by atoms with Gasteiger partial charge in [-0.25, -0.2) is 13.6 Å². The molecule has 148 valence electrons. The average Bonchev–Trinajstić information content (AvgIpc) is 2.68. The van der Waals surface area contributed by atoms with Crippen LogP contribution in [-0.4, -0.2) is 5.97 Å². The first-order valence-electron chi connectivity index (χ1n) is 9.49. The number of rotatable bonds is 4. The molecule has 2 aromatic rings. The Hall–Kier alpha value is -2.56. The van der Waals surface area contributed by atoms with Crippen molar-refractivity contribution in [3.8, 4) is 5.75 Å². The molecular weight excluding hydrogens is 365 g/mol. The monoisotopic (exact) mass is 388 g/mol. The van der Waals surface area contributed by atoms with Crippen LogP contribution in [0.5, 0.6) is 5.75 Å². The van der Waals surface area contributed by atoms with E-state index in [1.54, 1.807) is 6.07 Å². The first-order valence-corrected chi connectivity index (χ1v) is 9.49. The molecule has 0 heterocycles. The molecule has 0 spiro atoms. The van der Waals surface area contributed by atoms with Gasteiger partial charge in [0.15, 0.2) is 11.6 Å². The standard InChI is InChI=1S/C23H23F3O2/c1-14-3-6-16(7-4-14)8-9-17-10-11-18(19(24)13-17)23(27)28-20-12-5-15(2)21(25)22(20)26/h5,8-14,16H,3-4,6-7H2,1-2H3/b9-8+. The fourth-order valence-corrected chi connectivity index (χ4v) is 3.39. The minimum absolute atomic E-state index is 0.0899. The van der Waals surface area contributed by atoms with Gasteiger partial charge in [0.1, 0.15) is 5.82 Å². The molecule has 2 aromatic carbocycles. The van der Waals surface area contributed by atoms with E-state index >= 15 is 0 Å². The Balaban J connectivity index is 1.70. The topological polar surface area (TPSA) is 26.3 Å². The van der Waals surface area contributed by atoms with E-state index in [0.29, 0.717) is 11.5 Å². The third-order valence-electron chi connectivity index (χ3n) is 5.28. The molecule has 0 amide bonds. The SMILES string of the molecule is Cc1ccc(OC(=O)c2ccc(/C=C/C3CCC(C)CC3)cc2F)c(F)c1F. The summed E-state index contributed by atoms with van der Waals surface area (Å²) in [4.78, 5) is 12.2. The molecule has 1 fully saturated rings. The molecular formula is C23H23F3O2. The Morgan fingerprint density at radius 2 is 1.75 bits per heavy atom. The van der Waals surface area contributed by atoms with Gasteiger partial charge >= 0.3 is 5.97 Å². The lowest BCUT2D eigenvalue weighted by atomic mass is 9.83. The third-order valence-corrected chi connectivity index (χ3v) is 5.28. The molecule has 0 saturated heterocycles. The maximum atomic E-state index is 14.4. The lowest BCUT2D eigenvalue weighted by Gasteiger charge is -2.23. The maximum absolute atomic E-state index is 14.4. The number of esters is 1. The van der Waals surface area contributed by atoms with Crippen molar-refractivity contribution in [1.29, 1.82) is 0 Å². The second-order valence-corrected chi connectivity index (χ2v) is 7.52. The number of benzene rings is 2. The highest BCUT2D eigenvalue weighted by atomic mass is 19.2. The van der Waals surface area contributed by atoms with E-state index in [9.17, 15) is 18.0 Å². The summed E-state index contributed by atoms with van der Waals surface area (Å²) in [6.07, 6.45) is 8.60. The molecule has 1 saturated carbocycles. The van der Waals surface area contributed by atoms with Crippen molar-refractivity contribution in [2.45, 2.75) is 39.5 Å². The van der Waals surface area contributed by atoms with Gasteiger partial charge in [-0.1, -0.05) is 44.1 Å². The van der Waals surface area contributed by atoms with Crippen molar-refractivity contribution in [3.63, 3.8) is 0 Å². The summed E-state index contributed by atoms with van der Waals surface area (Å²) in [6.45, 7) is 3.65. The molecule has 3 rings (SSSR count). The number of halogens is 3. The molecule has 1 aliphatic carbocycles. The minimum atomic E-state index is -1.27. The van der Waals surface area contributed by atoms with Gasteiger partial charge in [0.05, 0.1) is 5.56 Å². The highest BCUT2D eigenvalue weighted by Crippen LogP contribution is 2.29. The molecule has 0 radical (unpaired) electrons. The molecule has 28 heavy (non-hydrogen) atoms. The van der Waals surface area contributed by atoms with Crippen molar-refractivity contribution in [2.75, 3.05) is 0 Å². The maximum Gasteiger partial charge on any atom is 0.346 e. The second-order valence-electron chi connectivity index (χ2n) is 7.52. The highest BCUT2D eigenvalue weighted by Gasteiger charge is 2.19. The molecule has 0 unspecified atom stereocenters. The number of carbonyl (C=O) groups is 1. The highest BCUT2D eigenvalue weighted by molar-refractivity contribution is 5.91. The summed E-state index contributed by atoms with van der Waals surface area (Å²) < 4.78 is 46.6. The van der Waals surface area contributed by atoms with Crippen LogP contribution < -0.4 is 4.74 Å². The molecule has 0 atom stereocenters. The zero-order valence-electron chi connectivity index (χ0n) is 16.0. The zero-order valence-corrected chi connectivity index (χ0v) is 16.0. The van der Waals surface area contributed by atoms with Crippen LogP contribution in [0.1, 0.15) is 54.1 Å². The molecule has 2 nitrogen and oxygen atoms in total. The average molecular weight is 388 g/mol. The van der Waals surface area contributed by atoms with Crippen LogP contribution in [0.4, 0.5) is 13.2 Å². The first kappa shape index (κ1) is 20.2. The summed E-state index contributed by atoms with van der Waals surface area (Å²) in [5.74, 6) is -3.52. The van der Waals surface area contributed by atoms with Gasteiger partial charge in [-0.05, 0) is 60.9 Å². The number of carbonyl (C=O) groups excluding carboxylic acids is 1. The summed E-state index contributed by atoms with van der Waals surface area (Å²) in [5.41, 5.74) is 0.399. The number of allylic oxidation sites excluding steroid dienone is 1. The predicted octanol–water partition coefficient (Wildman–Crippen LogP) is 6.47. The van der Waals surface area contributed by atoms with Crippen LogP contribution in [-0.2, 0) is 0 Å². The molecule has 5 heteroatoms. The van der Waals surface area contributed by atoms with Gasteiger partial charge in [-0.15, -0.1) is 0 Å². The Kier molecular flexibility index (Phi) is 6.22. The minimum Gasteiger partial charge on any atom is -0.420 e. The summed E-state index contributed by atoms with van der Waals surface area (Å²) >= 11 is 0. The number of ether oxygens (including phenoxy) is 1. The zero-order chi connectivity index (χ0) is 20.3. The molecule has 0 bridgehead atoms. The Labute approximate surface area is 163 Å². The third kappa shape index (κ3) is 4.64. The summed E-state index contributed by atoms with van der Waals surface area (Å²) in [6, 6.07) is 6.57. The van der Waals surface area contributed by atoms with Crippen LogP contribution in [0.2, 0.25) is 0 Å². The van der Waals surface area contributed by atoms with E-state index in [0.717, 1.165) is 24.8 Å². The number of aryl methyl sites for hydroxylation is 1. The first-order chi connectivity index (χ1) is 13.3. The Bertz CT molecular complexity index is 897. The van der Waals surface area contributed by atoms with Gasteiger partial charge in [0.2, 0.25) is 5.82 Å². The smallest absolute Gasteiger partial charge is 0.346 e. The van der Waals surface area contributed by atoms with E-state index in [1.165, 1.54) is 38.0 Å². The summed E-state index contributed by atoms with van der Waals surface area (Å²) in [7, 11) is 0. The van der Waals surface area contributed by atoms with Crippen molar-refractivity contribution in [2.24, 2.45) is 11.8 Å². The normalized spacial score (nSPS) is 19.8. The van der Waals surface area contributed by atoms with Gasteiger partial charge in [-0.3, -0.25) is 0 Å². The van der Waals surface area contributed by atoms with E-state index in [-0.39, 0.29) is 11.1 Å². The van der Waals surface area contributed by atoms with Crippen molar-refractivity contribution >= 4 is 12.0 Å². The fraction of sp³-hybridized carbons (Fsp3) is 0.348. The van der Waals surface area contributed by atoms with Crippen LogP contribution in [0, 0.1) is 36.2 Å². The van der Waals surface area contributed by atoms with Crippen LogP contribution >= 0.6 is 0 Å². The summed E-state index contributed by atoms with van der Waals surface area (Å²) in [5, 5.41) is 0. The lowest BCUT2D eigenvalue weighted by molar-refractivity contribution is 0.0721. The van der Waals surface area contributed by atoms with Crippen LogP contribution in [0.25, 0.3) is 6.08 Å². The van der Waals surface area contributed by atoms with E-state index in [1.807, 2.05) is 6.08 Å². The van der Waals surface area contributed by atoms with Crippen LogP contribution in [0.15, 0.2) is 36.4 Å². The van der Waals surface area contributed by atoms with E-state index in [4.69, 9.17) is 4.74 Å². The molecule has 0 aliphatic heterocycles. The van der Waals surface area contributed by atoms with Crippen molar-refractivity contribution < 1.29 is 22.7 Å². The van der Waals surface area contributed by atoms with Gasteiger partial charge in [-0.2, -0.15) is 4.39 Å². The van der Waals surface area contributed by atoms with Gasteiger partial charge in [0, 0.05) is 0 Å². The quantitative estimate of drug-likeness (QED) is 0.443. The van der Waals surface area contributed by atoms with E-state index < -0.39 is 29.2 Å². The molecule has 1 aliphatic rings. The second kappa shape index (κ2) is 8.63. The van der Waals surface area contributed by atoms with Crippen molar-refractivity contribution in [1.82, 2.24) is 0 Å². The van der Waals surface area contributed by atoms with Gasteiger partial charge < -0.3 is 4.74 Å². The van der Waals surface area contributed by atoms with Gasteiger partial charge in [0.25, 0.3) is 0 Å². The predicted molar refractivity (Wildman–Crippen MR) is 103 cm³/mol. The number of hydrogen-bond donors (Lipinski definition) is 0. The molecule has 0 aromatic heterocycles. The van der Waals surface area contributed by atoms with E-state index in [2.05, 4.69) is 13.0 Å². The number of hydrogen-bond acceptors (Lipinski definition) is 2. The van der Waals surface area contributed by atoms with Crippen LogP contribution in [0.3, 0.4) is 0 Å². The molecule has 0 N–H and O–H groups in total. The Morgan fingerprint density at radius 1 is 1.04 bits per heavy atom. The largest absolute Gasteiger partial charge is 0.420 e. The Morgan fingerprint density at radius 3 is 2.43 bits per heavy atom.